The molecule has 2 heterocycles. The summed E-state index contributed by atoms with van der Waals surface area (Å²) in [7, 11) is 0. The molecule has 102 valence electrons. The highest BCUT2D eigenvalue weighted by Gasteiger charge is 2.31. The second-order valence-electron chi connectivity index (χ2n) is 4.98. The summed E-state index contributed by atoms with van der Waals surface area (Å²) >= 11 is 2.25. The van der Waals surface area contributed by atoms with Crippen LogP contribution in [0.15, 0.2) is 24.3 Å². The molecule has 19 heavy (non-hydrogen) atoms. The van der Waals surface area contributed by atoms with Gasteiger partial charge in [0.2, 0.25) is 0 Å². The summed E-state index contributed by atoms with van der Waals surface area (Å²) < 4.78 is 6.12. The van der Waals surface area contributed by atoms with Crippen molar-refractivity contribution in [3.63, 3.8) is 0 Å². The Morgan fingerprint density at radius 2 is 1.79 bits per heavy atom. The molecule has 0 aromatic heterocycles. The number of amides is 1. The predicted octanol–water partition coefficient (Wildman–Crippen LogP) is 3.05. The first-order valence-electron chi connectivity index (χ1n) is 6.67. The van der Waals surface area contributed by atoms with Gasteiger partial charge in [-0.3, -0.25) is 4.90 Å². The van der Waals surface area contributed by atoms with Crippen LogP contribution in [0.1, 0.15) is 12.8 Å². The number of hydrogen-bond donors (Lipinski definition) is 0. The smallest absolute Gasteiger partial charge is 0.414 e. The molecule has 0 aliphatic carbocycles. The highest BCUT2D eigenvalue weighted by atomic mass is 127. The van der Waals surface area contributed by atoms with Crippen molar-refractivity contribution in [1.29, 1.82) is 0 Å². The van der Waals surface area contributed by atoms with Crippen LogP contribution in [-0.2, 0) is 4.74 Å². The normalized spacial score (nSPS) is 23.0. The molecule has 0 spiro atoms. The average molecular weight is 372 g/mol. The Labute approximate surface area is 126 Å². The number of anilines is 2. The van der Waals surface area contributed by atoms with Gasteiger partial charge in [-0.15, -0.1) is 0 Å². The van der Waals surface area contributed by atoms with E-state index in [9.17, 15) is 4.79 Å². The van der Waals surface area contributed by atoms with Crippen molar-refractivity contribution < 1.29 is 9.53 Å². The first-order valence-corrected chi connectivity index (χ1v) is 8.19. The van der Waals surface area contributed by atoms with Crippen LogP contribution in [-0.4, -0.2) is 36.3 Å². The quantitative estimate of drug-likeness (QED) is 0.604. The summed E-state index contributed by atoms with van der Waals surface area (Å²) in [6.07, 6.45) is 2.34. The first kappa shape index (κ1) is 13.0. The van der Waals surface area contributed by atoms with Gasteiger partial charge in [0.15, 0.2) is 0 Å². The molecule has 1 unspecified atom stereocenters. The molecular formula is C14H17IN2O2. The van der Waals surface area contributed by atoms with Gasteiger partial charge >= 0.3 is 6.09 Å². The van der Waals surface area contributed by atoms with Gasteiger partial charge in [-0.1, -0.05) is 22.6 Å². The molecule has 0 radical (unpaired) electrons. The Balaban J connectivity index is 1.73. The minimum atomic E-state index is -0.226. The van der Waals surface area contributed by atoms with Gasteiger partial charge < -0.3 is 9.64 Å². The van der Waals surface area contributed by atoms with Crippen LogP contribution in [0.3, 0.4) is 0 Å². The molecule has 2 saturated heterocycles. The lowest BCUT2D eigenvalue weighted by molar-refractivity contribution is 0.153. The number of nitrogens with zero attached hydrogens (tertiary/aromatic N) is 2. The number of carbonyl (C=O) groups excluding carboxylic acids is 1. The average Bonchev–Trinajstić information content (AvgIpc) is 3.08. The van der Waals surface area contributed by atoms with Crippen molar-refractivity contribution in [2.75, 3.05) is 33.9 Å². The van der Waals surface area contributed by atoms with E-state index in [0.717, 1.165) is 23.2 Å². The minimum absolute atomic E-state index is 0.0198. The molecule has 1 aromatic carbocycles. The third-order valence-electron chi connectivity index (χ3n) is 3.68. The maximum absolute atomic E-state index is 11.8. The zero-order chi connectivity index (χ0) is 13.2. The fraction of sp³-hybridized carbons (Fsp3) is 0.500. The summed E-state index contributed by atoms with van der Waals surface area (Å²) in [5.74, 6) is 0. The molecule has 1 atom stereocenters. The number of halogens is 1. The Morgan fingerprint density at radius 1 is 1.16 bits per heavy atom. The summed E-state index contributed by atoms with van der Waals surface area (Å²) in [4.78, 5) is 15.9. The SMILES string of the molecule is O=C1OC(CI)CN1c1ccc(N2CCCC2)cc1. The van der Waals surface area contributed by atoms with E-state index in [2.05, 4.69) is 39.6 Å². The number of alkyl halides is 1. The van der Waals surface area contributed by atoms with E-state index in [0.29, 0.717) is 6.54 Å². The summed E-state index contributed by atoms with van der Waals surface area (Å²) in [5, 5.41) is 0. The molecule has 3 rings (SSSR count). The van der Waals surface area contributed by atoms with Gasteiger partial charge in [0.25, 0.3) is 0 Å². The maximum atomic E-state index is 11.8. The van der Waals surface area contributed by atoms with Gasteiger partial charge in [-0.25, -0.2) is 4.79 Å². The van der Waals surface area contributed by atoms with Crippen molar-refractivity contribution in [1.82, 2.24) is 0 Å². The van der Waals surface area contributed by atoms with Crippen LogP contribution < -0.4 is 9.80 Å². The molecule has 1 amide bonds. The number of rotatable bonds is 3. The van der Waals surface area contributed by atoms with E-state index < -0.39 is 0 Å². The third-order valence-corrected chi connectivity index (χ3v) is 4.66. The van der Waals surface area contributed by atoms with E-state index in [1.807, 2.05) is 12.1 Å². The Bertz CT molecular complexity index is 457. The number of ether oxygens (including phenoxy) is 1. The van der Waals surface area contributed by atoms with Crippen molar-refractivity contribution >= 4 is 40.1 Å². The third kappa shape index (κ3) is 2.66. The zero-order valence-electron chi connectivity index (χ0n) is 10.7. The van der Waals surface area contributed by atoms with E-state index >= 15 is 0 Å². The minimum Gasteiger partial charge on any atom is -0.443 e. The number of benzene rings is 1. The summed E-state index contributed by atoms with van der Waals surface area (Å²) in [6.45, 7) is 2.94. The van der Waals surface area contributed by atoms with Gasteiger partial charge in [0, 0.05) is 28.9 Å². The van der Waals surface area contributed by atoms with E-state index in [-0.39, 0.29) is 12.2 Å². The van der Waals surface area contributed by atoms with Crippen LogP contribution in [0, 0.1) is 0 Å². The second-order valence-corrected chi connectivity index (χ2v) is 5.86. The molecule has 4 nitrogen and oxygen atoms in total. The second kappa shape index (κ2) is 5.56. The Kier molecular flexibility index (Phi) is 3.81. The largest absolute Gasteiger partial charge is 0.443 e. The topological polar surface area (TPSA) is 32.8 Å². The van der Waals surface area contributed by atoms with Crippen molar-refractivity contribution in [3.8, 4) is 0 Å². The maximum Gasteiger partial charge on any atom is 0.414 e. The Morgan fingerprint density at radius 3 is 2.37 bits per heavy atom. The lowest BCUT2D eigenvalue weighted by atomic mass is 10.2. The van der Waals surface area contributed by atoms with Crippen molar-refractivity contribution in [2.45, 2.75) is 18.9 Å². The van der Waals surface area contributed by atoms with Gasteiger partial charge in [0.1, 0.15) is 6.10 Å². The molecule has 1 aromatic rings. The van der Waals surface area contributed by atoms with Crippen molar-refractivity contribution in [3.05, 3.63) is 24.3 Å². The van der Waals surface area contributed by atoms with Crippen molar-refractivity contribution in [2.24, 2.45) is 0 Å². The molecule has 0 N–H and O–H groups in total. The zero-order valence-corrected chi connectivity index (χ0v) is 12.9. The molecule has 0 saturated carbocycles. The molecule has 0 bridgehead atoms. The fourth-order valence-corrected chi connectivity index (χ4v) is 3.09. The van der Waals surface area contributed by atoms with Crippen LogP contribution in [0.5, 0.6) is 0 Å². The number of hydrogen-bond acceptors (Lipinski definition) is 3. The predicted molar refractivity (Wildman–Crippen MR) is 84.4 cm³/mol. The molecule has 2 aliphatic rings. The molecule has 2 aliphatic heterocycles. The van der Waals surface area contributed by atoms with Gasteiger partial charge in [-0.05, 0) is 37.1 Å². The first-order chi connectivity index (χ1) is 9.28. The molecular weight excluding hydrogens is 355 g/mol. The van der Waals surface area contributed by atoms with E-state index in [4.69, 9.17) is 4.74 Å². The van der Waals surface area contributed by atoms with E-state index in [1.165, 1.54) is 18.5 Å². The molecule has 5 heteroatoms. The fourth-order valence-electron chi connectivity index (χ4n) is 2.63. The monoisotopic (exact) mass is 372 g/mol. The standard InChI is InChI=1S/C14H17IN2O2/c15-9-13-10-17(14(18)19-13)12-5-3-11(4-6-12)16-7-1-2-8-16/h3-6,13H,1-2,7-10H2. The number of carbonyl (C=O) groups is 1. The number of cyclic esters (lactones) is 1. The van der Waals surface area contributed by atoms with Crippen LogP contribution in [0.25, 0.3) is 0 Å². The highest BCUT2D eigenvalue weighted by Crippen LogP contribution is 2.26. The van der Waals surface area contributed by atoms with Crippen LogP contribution >= 0.6 is 22.6 Å². The highest BCUT2D eigenvalue weighted by molar-refractivity contribution is 14.1. The summed E-state index contributed by atoms with van der Waals surface area (Å²) in [6, 6.07) is 8.24. The van der Waals surface area contributed by atoms with Crippen LogP contribution in [0.4, 0.5) is 16.2 Å². The van der Waals surface area contributed by atoms with Gasteiger partial charge in [0.05, 0.1) is 6.54 Å². The lowest BCUT2D eigenvalue weighted by Gasteiger charge is -2.19. The Hall–Kier alpha value is -0.980. The lowest BCUT2D eigenvalue weighted by Crippen LogP contribution is -2.25. The molecule has 2 fully saturated rings. The van der Waals surface area contributed by atoms with Crippen LogP contribution in [0.2, 0.25) is 0 Å². The van der Waals surface area contributed by atoms with E-state index in [1.54, 1.807) is 4.90 Å². The van der Waals surface area contributed by atoms with Gasteiger partial charge in [-0.2, -0.15) is 0 Å². The summed E-state index contributed by atoms with van der Waals surface area (Å²) in [5.41, 5.74) is 2.18.